The quantitative estimate of drug-likeness (QED) is 0.425. The summed E-state index contributed by atoms with van der Waals surface area (Å²) in [6.45, 7) is 6.14. The lowest BCUT2D eigenvalue weighted by atomic mass is 9.93. The van der Waals surface area contributed by atoms with Crippen LogP contribution in [0.3, 0.4) is 0 Å². The van der Waals surface area contributed by atoms with Crippen LogP contribution in [-0.4, -0.2) is 70.0 Å². The lowest BCUT2D eigenvalue weighted by molar-refractivity contribution is -0.137. The highest BCUT2D eigenvalue weighted by atomic mass is 19.4. The molecule has 6 nitrogen and oxygen atoms in total. The molecule has 0 bridgehead atoms. The van der Waals surface area contributed by atoms with Gasteiger partial charge in [-0.3, -0.25) is 9.69 Å². The third-order valence-corrected chi connectivity index (χ3v) is 8.27. The number of ether oxygens (including phenoxy) is 2. The Hall–Kier alpha value is -2.69. The molecule has 2 aromatic carbocycles. The Balaban J connectivity index is 1.25. The number of rotatable bonds is 7. The van der Waals surface area contributed by atoms with Crippen LogP contribution in [0.2, 0.25) is 0 Å². The van der Waals surface area contributed by atoms with Crippen LogP contribution in [0.15, 0.2) is 42.5 Å². The predicted octanol–water partition coefficient (Wildman–Crippen LogP) is 5.35. The van der Waals surface area contributed by atoms with Gasteiger partial charge in [0.25, 0.3) is 0 Å². The monoisotopic (exact) mass is 563 g/mol. The maximum atomic E-state index is 15.3. The van der Waals surface area contributed by atoms with Crippen molar-refractivity contribution in [3.63, 3.8) is 0 Å². The highest BCUT2D eigenvalue weighted by molar-refractivity contribution is 5.95. The van der Waals surface area contributed by atoms with Gasteiger partial charge in [0.2, 0.25) is 5.91 Å². The number of amides is 1. The summed E-state index contributed by atoms with van der Waals surface area (Å²) in [6, 6.07) is 10.4. The fraction of sp³-hybridized carbons (Fsp3) is 0.567. The first-order valence-electron chi connectivity index (χ1n) is 14.2. The molecule has 3 aliphatic heterocycles. The summed E-state index contributed by atoms with van der Waals surface area (Å²) in [5, 5.41) is 0. The SMILES string of the molecule is O=C(C1CCN(Cc2ccc(C(F)(F)F)cc2)CC1)N(CC1CCOCC1)c1ccc(N2CCOCC2)c(F)c1. The molecular formula is C30H37F4N3O3. The molecule has 0 unspecified atom stereocenters. The molecule has 0 saturated carbocycles. The number of alkyl halides is 3. The molecule has 218 valence electrons. The molecule has 5 rings (SSSR count). The standard InChI is InChI=1S/C30H37F4N3O3/c31-27-19-26(5-6-28(27)36-13-17-40-18-14-36)37(21-23-9-15-39-16-10-23)29(38)24-7-11-35(12-8-24)20-22-1-3-25(4-2-22)30(32,33)34/h1-6,19,23-24H,7-18,20-21H2. The van der Waals surface area contributed by atoms with Gasteiger partial charge < -0.3 is 19.3 Å². The number of nitrogens with zero attached hydrogens (tertiary/aromatic N) is 3. The molecule has 0 aliphatic carbocycles. The Labute approximate surface area is 232 Å². The Morgan fingerprint density at radius 1 is 0.875 bits per heavy atom. The molecule has 0 atom stereocenters. The van der Waals surface area contributed by atoms with Crippen molar-refractivity contribution in [3.8, 4) is 0 Å². The lowest BCUT2D eigenvalue weighted by Gasteiger charge is -2.36. The van der Waals surface area contributed by atoms with E-state index in [2.05, 4.69) is 4.90 Å². The van der Waals surface area contributed by atoms with Gasteiger partial charge in [0.05, 0.1) is 24.5 Å². The molecule has 2 aromatic rings. The number of carbonyl (C=O) groups is 1. The van der Waals surface area contributed by atoms with E-state index in [9.17, 15) is 18.0 Å². The van der Waals surface area contributed by atoms with Crippen LogP contribution < -0.4 is 9.80 Å². The van der Waals surface area contributed by atoms with Crippen molar-refractivity contribution in [2.24, 2.45) is 11.8 Å². The second kappa shape index (κ2) is 12.9. The van der Waals surface area contributed by atoms with Gasteiger partial charge in [0.1, 0.15) is 5.82 Å². The number of halogens is 4. The third kappa shape index (κ3) is 7.14. The molecule has 0 spiro atoms. The van der Waals surface area contributed by atoms with E-state index >= 15 is 4.39 Å². The average molecular weight is 564 g/mol. The number of anilines is 2. The summed E-state index contributed by atoms with van der Waals surface area (Å²) >= 11 is 0. The lowest BCUT2D eigenvalue weighted by Crippen LogP contribution is -2.45. The van der Waals surface area contributed by atoms with Gasteiger partial charge in [-0.05, 0) is 80.6 Å². The van der Waals surface area contributed by atoms with Crippen LogP contribution >= 0.6 is 0 Å². The van der Waals surface area contributed by atoms with Gasteiger partial charge in [-0.2, -0.15) is 13.2 Å². The first-order valence-corrected chi connectivity index (χ1v) is 14.2. The summed E-state index contributed by atoms with van der Waals surface area (Å²) in [4.78, 5) is 19.8. The fourth-order valence-corrected chi connectivity index (χ4v) is 5.85. The van der Waals surface area contributed by atoms with Crippen LogP contribution in [0.1, 0.15) is 36.8 Å². The summed E-state index contributed by atoms with van der Waals surface area (Å²) in [7, 11) is 0. The van der Waals surface area contributed by atoms with Crippen molar-refractivity contribution in [3.05, 3.63) is 59.4 Å². The summed E-state index contributed by atoms with van der Waals surface area (Å²) < 4.78 is 64.9. The van der Waals surface area contributed by atoms with Gasteiger partial charge in [0.15, 0.2) is 0 Å². The molecule has 40 heavy (non-hydrogen) atoms. The van der Waals surface area contributed by atoms with Gasteiger partial charge in [-0.15, -0.1) is 0 Å². The number of benzene rings is 2. The zero-order valence-corrected chi connectivity index (χ0v) is 22.7. The molecular weight excluding hydrogens is 526 g/mol. The molecule has 3 fully saturated rings. The van der Waals surface area contributed by atoms with Crippen molar-refractivity contribution >= 4 is 17.3 Å². The zero-order valence-electron chi connectivity index (χ0n) is 22.7. The first-order chi connectivity index (χ1) is 19.3. The van der Waals surface area contributed by atoms with Gasteiger partial charge in [0, 0.05) is 51.0 Å². The minimum absolute atomic E-state index is 0.0131. The molecule has 0 aromatic heterocycles. The minimum Gasteiger partial charge on any atom is -0.381 e. The number of carbonyl (C=O) groups excluding carboxylic acids is 1. The van der Waals surface area contributed by atoms with Gasteiger partial charge in [-0.25, -0.2) is 4.39 Å². The van der Waals surface area contributed by atoms with Crippen molar-refractivity contribution in [2.75, 3.05) is 69.0 Å². The second-order valence-corrected chi connectivity index (χ2v) is 11.0. The molecule has 3 heterocycles. The highest BCUT2D eigenvalue weighted by Crippen LogP contribution is 2.32. The van der Waals surface area contributed by atoms with E-state index in [0.717, 1.165) is 30.5 Å². The first kappa shape index (κ1) is 28.8. The van der Waals surface area contributed by atoms with Crippen molar-refractivity contribution in [2.45, 2.75) is 38.4 Å². The summed E-state index contributed by atoms with van der Waals surface area (Å²) in [6.07, 6.45) is -1.32. The van der Waals surface area contributed by atoms with E-state index in [1.54, 1.807) is 11.0 Å². The summed E-state index contributed by atoms with van der Waals surface area (Å²) in [5.74, 6) is -0.222. The van der Waals surface area contributed by atoms with E-state index in [4.69, 9.17) is 9.47 Å². The minimum atomic E-state index is -4.35. The molecule has 3 aliphatic rings. The van der Waals surface area contributed by atoms with E-state index in [1.807, 2.05) is 11.0 Å². The molecule has 0 N–H and O–H groups in total. The van der Waals surface area contributed by atoms with E-state index in [-0.39, 0.29) is 17.6 Å². The van der Waals surface area contributed by atoms with Crippen molar-refractivity contribution in [1.82, 2.24) is 4.90 Å². The summed E-state index contributed by atoms with van der Waals surface area (Å²) in [5.41, 5.74) is 1.27. The zero-order chi connectivity index (χ0) is 28.1. The van der Waals surface area contributed by atoms with Crippen molar-refractivity contribution in [1.29, 1.82) is 0 Å². The Bertz CT molecular complexity index is 1120. The molecule has 3 saturated heterocycles. The second-order valence-electron chi connectivity index (χ2n) is 11.0. The average Bonchev–Trinajstić information content (AvgIpc) is 2.97. The van der Waals surface area contributed by atoms with E-state index in [1.165, 1.54) is 18.2 Å². The van der Waals surface area contributed by atoms with Crippen molar-refractivity contribution < 1.29 is 31.8 Å². The largest absolute Gasteiger partial charge is 0.416 e. The topological polar surface area (TPSA) is 45.2 Å². The predicted molar refractivity (Wildman–Crippen MR) is 145 cm³/mol. The molecule has 10 heteroatoms. The van der Waals surface area contributed by atoms with E-state index in [0.29, 0.717) is 95.8 Å². The van der Waals surface area contributed by atoms with Crippen LogP contribution in [0, 0.1) is 17.7 Å². The number of hydrogen-bond acceptors (Lipinski definition) is 5. The number of piperidine rings is 1. The van der Waals surface area contributed by atoms with Crippen LogP contribution in [0.25, 0.3) is 0 Å². The molecule has 0 radical (unpaired) electrons. The Kier molecular flexibility index (Phi) is 9.27. The third-order valence-electron chi connectivity index (χ3n) is 8.27. The van der Waals surface area contributed by atoms with Crippen LogP contribution in [-0.2, 0) is 27.0 Å². The van der Waals surface area contributed by atoms with E-state index < -0.39 is 11.7 Å². The fourth-order valence-electron chi connectivity index (χ4n) is 5.85. The number of likely N-dealkylation sites (tertiary alicyclic amines) is 1. The smallest absolute Gasteiger partial charge is 0.381 e. The Morgan fingerprint density at radius 3 is 2.15 bits per heavy atom. The van der Waals surface area contributed by atoms with Crippen LogP contribution in [0.4, 0.5) is 28.9 Å². The molecule has 1 amide bonds. The highest BCUT2D eigenvalue weighted by Gasteiger charge is 2.33. The van der Waals surface area contributed by atoms with Crippen LogP contribution in [0.5, 0.6) is 0 Å². The normalized spacial score (nSPS) is 20.1. The number of morpholine rings is 1. The maximum Gasteiger partial charge on any atom is 0.416 e. The Morgan fingerprint density at radius 2 is 1.52 bits per heavy atom. The van der Waals surface area contributed by atoms with Gasteiger partial charge in [-0.1, -0.05) is 12.1 Å². The maximum absolute atomic E-state index is 15.3. The van der Waals surface area contributed by atoms with Gasteiger partial charge >= 0.3 is 6.18 Å². The number of hydrogen-bond donors (Lipinski definition) is 0.